The van der Waals surface area contributed by atoms with Crippen LogP contribution in [0.1, 0.15) is 12.8 Å². The van der Waals surface area contributed by atoms with Crippen molar-refractivity contribution >= 4 is 16.5 Å². The predicted octanol–water partition coefficient (Wildman–Crippen LogP) is 1.38. The van der Waals surface area contributed by atoms with Gasteiger partial charge in [-0.25, -0.2) is 0 Å². The van der Waals surface area contributed by atoms with Gasteiger partial charge in [0.05, 0.1) is 0 Å². The Kier molecular flexibility index (Phi) is 1.77. The Morgan fingerprint density at radius 1 is 1.73 bits per heavy atom. The van der Waals surface area contributed by atoms with Crippen LogP contribution in [0.4, 0.5) is 5.13 Å². The van der Waals surface area contributed by atoms with Crippen molar-refractivity contribution in [1.29, 1.82) is 0 Å². The molecule has 1 aliphatic carbocycles. The maximum atomic E-state index is 3.99. The summed E-state index contributed by atoms with van der Waals surface area (Å²) in [4.78, 5) is 2.19. The van der Waals surface area contributed by atoms with Gasteiger partial charge < -0.3 is 4.90 Å². The Balaban J connectivity index is 1.93. The fourth-order valence-electron chi connectivity index (χ4n) is 1.10. The van der Waals surface area contributed by atoms with Gasteiger partial charge in [-0.2, -0.15) is 0 Å². The van der Waals surface area contributed by atoms with Crippen LogP contribution in [0.3, 0.4) is 0 Å². The van der Waals surface area contributed by atoms with Crippen molar-refractivity contribution in [2.45, 2.75) is 12.8 Å². The standard InChI is InChI=1S/C7H11N3S/c1-10(4-6-2-3-6)7-9-8-5-11-7/h5-6H,2-4H2,1H3. The molecule has 1 fully saturated rings. The van der Waals surface area contributed by atoms with Gasteiger partial charge >= 0.3 is 0 Å². The quantitative estimate of drug-likeness (QED) is 0.684. The molecule has 0 aliphatic heterocycles. The van der Waals surface area contributed by atoms with Crippen LogP contribution in [0, 0.1) is 5.92 Å². The lowest BCUT2D eigenvalue weighted by atomic mass is 10.4. The molecule has 0 radical (unpaired) electrons. The fourth-order valence-corrected chi connectivity index (χ4v) is 1.64. The lowest BCUT2D eigenvalue weighted by Gasteiger charge is -2.13. The van der Waals surface area contributed by atoms with Crippen LogP contribution in [0.5, 0.6) is 0 Å². The van der Waals surface area contributed by atoms with Crippen LogP contribution in [0.2, 0.25) is 0 Å². The van der Waals surface area contributed by atoms with Crippen LogP contribution in [0.15, 0.2) is 5.51 Å². The summed E-state index contributed by atoms with van der Waals surface area (Å²) in [6.07, 6.45) is 2.78. The lowest BCUT2D eigenvalue weighted by Crippen LogP contribution is -2.19. The maximum absolute atomic E-state index is 3.99. The predicted molar refractivity (Wildman–Crippen MR) is 45.9 cm³/mol. The molecule has 0 unspecified atom stereocenters. The summed E-state index contributed by atoms with van der Waals surface area (Å²) in [6, 6.07) is 0. The first-order valence-corrected chi connectivity index (χ1v) is 4.71. The smallest absolute Gasteiger partial charge is 0.207 e. The lowest BCUT2D eigenvalue weighted by molar-refractivity contribution is 0.779. The SMILES string of the molecule is CN(CC1CC1)c1nncs1. The summed E-state index contributed by atoms with van der Waals surface area (Å²) in [5, 5.41) is 8.83. The second-order valence-electron chi connectivity index (χ2n) is 3.05. The van der Waals surface area contributed by atoms with Gasteiger partial charge in [0.25, 0.3) is 0 Å². The van der Waals surface area contributed by atoms with Crippen molar-refractivity contribution < 1.29 is 0 Å². The third-order valence-corrected chi connectivity index (χ3v) is 2.71. The molecule has 1 aliphatic rings. The molecular weight excluding hydrogens is 158 g/mol. The van der Waals surface area contributed by atoms with Gasteiger partial charge in [-0.05, 0) is 18.8 Å². The van der Waals surface area contributed by atoms with E-state index in [0.29, 0.717) is 0 Å². The zero-order valence-electron chi connectivity index (χ0n) is 6.53. The second-order valence-corrected chi connectivity index (χ2v) is 3.86. The van der Waals surface area contributed by atoms with Gasteiger partial charge in [-0.15, -0.1) is 10.2 Å². The van der Waals surface area contributed by atoms with E-state index >= 15 is 0 Å². The Morgan fingerprint density at radius 2 is 2.55 bits per heavy atom. The largest absolute Gasteiger partial charge is 0.349 e. The molecule has 0 spiro atoms. The molecule has 0 atom stereocenters. The van der Waals surface area contributed by atoms with Crippen molar-refractivity contribution in [3.8, 4) is 0 Å². The third-order valence-electron chi connectivity index (χ3n) is 1.90. The molecular formula is C7H11N3S. The highest BCUT2D eigenvalue weighted by Gasteiger charge is 2.23. The minimum atomic E-state index is 0.920. The van der Waals surface area contributed by atoms with Crippen molar-refractivity contribution in [3.63, 3.8) is 0 Å². The van der Waals surface area contributed by atoms with Gasteiger partial charge in [-0.3, -0.25) is 0 Å². The maximum Gasteiger partial charge on any atom is 0.207 e. The molecule has 1 saturated carbocycles. The Labute approximate surface area is 70.1 Å². The summed E-state index contributed by atoms with van der Waals surface area (Å²) in [5.74, 6) is 0.920. The molecule has 1 heterocycles. The minimum Gasteiger partial charge on any atom is -0.349 e. The van der Waals surface area contributed by atoms with E-state index in [0.717, 1.165) is 17.6 Å². The number of aromatic nitrogens is 2. The van der Waals surface area contributed by atoms with E-state index in [4.69, 9.17) is 0 Å². The summed E-state index contributed by atoms with van der Waals surface area (Å²) in [5.41, 5.74) is 1.78. The monoisotopic (exact) mass is 169 g/mol. The highest BCUT2D eigenvalue weighted by atomic mass is 32.1. The Bertz CT molecular complexity index is 218. The third kappa shape index (κ3) is 1.68. The van der Waals surface area contributed by atoms with Crippen LogP contribution >= 0.6 is 11.3 Å². The van der Waals surface area contributed by atoms with Crippen LogP contribution < -0.4 is 4.90 Å². The van der Waals surface area contributed by atoms with Crippen molar-refractivity contribution in [2.75, 3.05) is 18.5 Å². The highest BCUT2D eigenvalue weighted by molar-refractivity contribution is 7.13. The van der Waals surface area contributed by atoms with Crippen molar-refractivity contribution in [1.82, 2.24) is 10.2 Å². The molecule has 11 heavy (non-hydrogen) atoms. The molecule has 60 valence electrons. The van der Waals surface area contributed by atoms with E-state index in [9.17, 15) is 0 Å². The molecule has 4 heteroatoms. The summed E-state index contributed by atoms with van der Waals surface area (Å²) < 4.78 is 0. The normalized spacial score (nSPS) is 16.8. The van der Waals surface area contributed by atoms with Gasteiger partial charge in [0, 0.05) is 13.6 Å². The summed E-state index contributed by atoms with van der Waals surface area (Å²) in [7, 11) is 2.08. The molecule has 0 N–H and O–H groups in total. The first-order valence-electron chi connectivity index (χ1n) is 3.83. The number of rotatable bonds is 3. The molecule has 0 saturated heterocycles. The summed E-state index contributed by atoms with van der Waals surface area (Å²) >= 11 is 1.60. The van der Waals surface area contributed by atoms with Crippen molar-refractivity contribution in [2.24, 2.45) is 5.92 Å². The van der Waals surface area contributed by atoms with E-state index in [1.807, 2.05) is 0 Å². The van der Waals surface area contributed by atoms with Crippen LogP contribution in [-0.2, 0) is 0 Å². The van der Waals surface area contributed by atoms with E-state index in [2.05, 4.69) is 22.1 Å². The Morgan fingerprint density at radius 3 is 3.09 bits per heavy atom. The van der Waals surface area contributed by atoms with E-state index < -0.39 is 0 Å². The van der Waals surface area contributed by atoms with E-state index in [1.54, 1.807) is 16.8 Å². The molecule has 2 rings (SSSR count). The molecule has 3 nitrogen and oxygen atoms in total. The first-order chi connectivity index (χ1) is 5.36. The fraction of sp³-hybridized carbons (Fsp3) is 0.714. The second kappa shape index (κ2) is 2.77. The van der Waals surface area contributed by atoms with E-state index in [-0.39, 0.29) is 0 Å². The average Bonchev–Trinajstić information content (AvgIpc) is 2.67. The van der Waals surface area contributed by atoms with Gasteiger partial charge in [-0.1, -0.05) is 11.3 Å². The average molecular weight is 169 g/mol. The molecule has 1 aromatic heterocycles. The summed E-state index contributed by atoms with van der Waals surface area (Å²) in [6.45, 7) is 1.15. The minimum absolute atomic E-state index is 0.920. The molecule has 1 aromatic rings. The van der Waals surface area contributed by atoms with Crippen LogP contribution in [0.25, 0.3) is 0 Å². The van der Waals surface area contributed by atoms with Gasteiger partial charge in [0.2, 0.25) is 5.13 Å². The van der Waals surface area contributed by atoms with Gasteiger partial charge in [0.15, 0.2) is 0 Å². The van der Waals surface area contributed by atoms with Crippen molar-refractivity contribution in [3.05, 3.63) is 5.51 Å². The molecule has 0 amide bonds. The topological polar surface area (TPSA) is 29.0 Å². The zero-order valence-corrected chi connectivity index (χ0v) is 7.34. The number of hydrogen-bond acceptors (Lipinski definition) is 4. The number of anilines is 1. The highest BCUT2D eigenvalue weighted by Crippen LogP contribution is 2.30. The molecule has 0 bridgehead atoms. The first kappa shape index (κ1) is 7.03. The van der Waals surface area contributed by atoms with Gasteiger partial charge in [0.1, 0.15) is 5.51 Å². The zero-order chi connectivity index (χ0) is 7.68. The Hall–Kier alpha value is -0.640. The number of hydrogen-bond donors (Lipinski definition) is 0. The van der Waals surface area contributed by atoms with Crippen LogP contribution in [-0.4, -0.2) is 23.8 Å². The van der Waals surface area contributed by atoms with E-state index in [1.165, 1.54) is 12.8 Å². The number of nitrogens with zero attached hydrogens (tertiary/aromatic N) is 3. The molecule has 0 aromatic carbocycles.